The van der Waals surface area contributed by atoms with Gasteiger partial charge in [-0.3, -0.25) is 4.90 Å². The molecule has 1 saturated heterocycles. The van der Waals surface area contributed by atoms with Gasteiger partial charge in [0.1, 0.15) is 5.82 Å². The molecule has 19 heavy (non-hydrogen) atoms. The van der Waals surface area contributed by atoms with Crippen molar-refractivity contribution in [1.29, 1.82) is 0 Å². The van der Waals surface area contributed by atoms with Gasteiger partial charge in [-0.15, -0.1) is 0 Å². The lowest BCUT2D eigenvalue weighted by Gasteiger charge is -2.31. The highest BCUT2D eigenvalue weighted by molar-refractivity contribution is 5.14. The number of rotatable bonds is 3. The van der Waals surface area contributed by atoms with Gasteiger partial charge in [0.25, 0.3) is 0 Å². The summed E-state index contributed by atoms with van der Waals surface area (Å²) >= 11 is 0. The minimum absolute atomic E-state index is 0.535. The molecular formula is C16H19N3. The predicted octanol–water partition coefficient (Wildman–Crippen LogP) is 2.86. The molecule has 3 rings (SSSR count). The maximum atomic E-state index is 4.38. The maximum Gasteiger partial charge on any atom is 0.131 e. The summed E-state index contributed by atoms with van der Waals surface area (Å²) in [5.74, 6) is 1.55. The number of piperidine rings is 1. The molecule has 0 atom stereocenters. The Morgan fingerprint density at radius 3 is 2.32 bits per heavy atom. The summed E-state index contributed by atoms with van der Waals surface area (Å²) in [7, 11) is 0. The second-order valence-electron chi connectivity index (χ2n) is 5.14. The normalized spacial score (nSPS) is 17.5. The molecule has 0 unspecified atom stereocenters. The molecule has 3 nitrogen and oxygen atoms in total. The van der Waals surface area contributed by atoms with Gasteiger partial charge >= 0.3 is 0 Å². The van der Waals surface area contributed by atoms with Crippen molar-refractivity contribution in [1.82, 2.24) is 14.9 Å². The summed E-state index contributed by atoms with van der Waals surface area (Å²) in [6, 6.07) is 12.6. The molecule has 2 aromatic rings. The van der Waals surface area contributed by atoms with Crippen LogP contribution >= 0.6 is 0 Å². The maximum absolute atomic E-state index is 4.38. The molecule has 98 valence electrons. The summed E-state index contributed by atoms with van der Waals surface area (Å²) < 4.78 is 0. The number of likely N-dealkylation sites (tertiary alicyclic amines) is 1. The molecule has 1 aliphatic rings. The quantitative estimate of drug-likeness (QED) is 0.842. The molecule has 0 N–H and O–H groups in total. The third kappa shape index (κ3) is 3.18. The second-order valence-corrected chi connectivity index (χ2v) is 5.14. The van der Waals surface area contributed by atoms with Crippen molar-refractivity contribution in [3.05, 3.63) is 60.2 Å². The van der Waals surface area contributed by atoms with E-state index < -0.39 is 0 Å². The van der Waals surface area contributed by atoms with Crippen molar-refractivity contribution in [3.8, 4) is 0 Å². The predicted molar refractivity (Wildman–Crippen MR) is 75.7 cm³/mol. The van der Waals surface area contributed by atoms with E-state index in [1.807, 2.05) is 18.5 Å². The van der Waals surface area contributed by atoms with Crippen LogP contribution in [0.2, 0.25) is 0 Å². The van der Waals surface area contributed by atoms with E-state index >= 15 is 0 Å². The number of aromatic nitrogens is 2. The van der Waals surface area contributed by atoms with Crippen LogP contribution in [0.1, 0.15) is 30.1 Å². The summed E-state index contributed by atoms with van der Waals surface area (Å²) in [5.41, 5.74) is 1.40. The van der Waals surface area contributed by atoms with Gasteiger partial charge in [-0.25, -0.2) is 9.97 Å². The zero-order valence-electron chi connectivity index (χ0n) is 11.1. The highest BCUT2D eigenvalue weighted by Gasteiger charge is 2.22. The molecule has 1 aromatic heterocycles. The number of nitrogens with zero attached hydrogens (tertiary/aromatic N) is 3. The second kappa shape index (κ2) is 5.93. The zero-order chi connectivity index (χ0) is 12.9. The smallest absolute Gasteiger partial charge is 0.131 e. The molecular weight excluding hydrogens is 234 g/mol. The SMILES string of the molecule is c1ccc(CN2CCC(c3ncccn3)CC2)cc1. The van der Waals surface area contributed by atoms with Crippen LogP contribution in [0.15, 0.2) is 48.8 Å². The van der Waals surface area contributed by atoms with Gasteiger partial charge in [0, 0.05) is 24.9 Å². The van der Waals surface area contributed by atoms with Crippen LogP contribution in [0.25, 0.3) is 0 Å². The van der Waals surface area contributed by atoms with Crippen molar-refractivity contribution in [3.63, 3.8) is 0 Å². The molecule has 0 saturated carbocycles. The summed E-state index contributed by atoms with van der Waals surface area (Å²) in [4.78, 5) is 11.3. The molecule has 0 bridgehead atoms. The zero-order valence-corrected chi connectivity index (χ0v) is 11.1. The lowest BCUT2D eigenvalue weighted by molar-refractivity contribution is 0.201. The van der Waals surface area contributed by atoms with Crippen molar-refractivity contribution in [2.24, 2.45) is 0 Å². The van der Waals surface area contributed by atoms with E-state index in [1.54, 1.807) is 0 Å². The van der Waals surface area contributed by atoms with E-state index in [0.717, 1.165) is 38.3 Å². The fraction of sp³-hybridized carbons (Fsp3) is 0.375. The van der Waals surface area contributed by atoms with E-state index in [0.29, 0.717) is 5.92 Å². The van der Waals surface area contributed by atoms with Crippen molar-refractivity contribution >= 4 is 0 Å². The van der Waals surface area contributed by atoms with Crippen LogP contribution in [0.5, 0.6) is 0 Å². The van der Waals surface area contributed by atoms with Crippen molar-refractivity contribution in [2.45, 2.75) is 25.3 Å². The molecule has 0 radical (unpaired) electrons. The van der Waals surface area contributed by atoms with E-state index in [2.05, 4.69) is 45.2 Å². The Labute approximate surface area is 114 Å². The molecule has 0 amide bonds. The van der Waals surface area contributed by atoms with Gasteiger partial charge in [-0.1, -0.05) is 30.3 Å². The van der Waals surface area contributed by atoms with Crippen LogP contribution in [0.4, 0.5) is 0 Å². The fourth-order valence-electron chi connectivity index (χ4n) is 2.71. The van der Waals surface area contributed by atoms with Gasteiger partial charge in [0.15, 0.2) is 0 Å². The van der Waals surface area contributed by atoms with Gasteiger partial charge in [0.05, 0.1) is 0 Å². The molecule has 1 aliphatic heterocycles. The average molecular weight is 253 g/mol. The average Bonchev–Trinajstić information content (AvgIpc) is 2.50. The first-order chi connectivity index (χ1) is 9.42. The van der Waals surface area contributed by atoms with E-state index in [-0.39, 0.29) is 0 Å². The van der Waals surface area contributed by atoms with Crippen LogP contribution < -0.4 is 0 Å². The van der Waals surface area contributed by atoms with E-state index in [1.165, 1.54) is 5.56 Å². The van der Waals surface area contributed by atoms with Crippen LogP contribution in [-0.4, -0.2) is 28.0 Å². The Hall–Kier alpha value is -1.74. The summed E-state index contributed by atoms with van der Waals surface area (Å²) in [6.07, 6.45) is 6.02. The summed E-state index contributed by atoms with van der Waals surface area (Å²) in [5, 5.41) is 0. The largest absolute Gasteiger partial charge is 0.299 e. The highest BCUT2D eigenvalue weighted by Crippen LogP contribution is 2.25. The third-order valence-electron chi connectivity index (χ3n) is 3.79. The summed E-state index contributed by atoms with van der Waals surface area (Å²) in [6.45, 7) is 3.33. The topological polar surface area (TPSA) is 29.0 Å². The minimum atomic E-state index is 0.535. The van der Waals surface area contributed by atoms with Crippen LogP contribution in [0, 0.1) is 0 Å². The molecule has 1 fully saturated rings. The molecule has 1 aromatic carbocycles. The monoisotopic (exact) mass is 253 g/mol. The lowest BCUT2D eigenvalue weighted by Crippen LogP contribution is -2.32. The molecule has 0 aliphatic carbocycles. The number of hydrogen-bond acceptors (Lipinski definition) is 3. The van der Waals surface area contributed by atoms with Crippen LogP contribution in [0.3, 0.4) is 0 Å². The van der Waals surface area contributed by atoms with Gasteiger partial charge < -0.3 is 0 Å². The molecule has 0 spiro atoms. The Morgan fingerprint density at radius 2 is 1.63 bits per heavy atom. The lowest BCUT2D eigenvalue weighted by atomic mass is 9.95. The fourth-order valence-corrected chi connectivity index (χ4v) is 2.71. The molecule has 3 heteroatoms. The van der Waals surface area contributed by atoms with Gasteiger partial charge in [-0.2, -0.15) is 0 Å². The van der Waals surface area contributed by atoms with Crippen molar-refractivity contribution < 1.29 is 0 Å². The van der Waals surface area contributed by atoms with Gasteiger partial charge in [-0.05, 0) is 37.6 Å². The standard InChI is InChI=1S/C16H19N3/c1-2-5-14(6-3-1)13-19-11-7-15(8-12-19)16-17-9-4-10-18-16/h1-6,9-10,15H,7-8,11-13H2. The first-order valence-corrected chi connectivity index (χ1v) is 6.95. The van der Waals surface area contributed by atoms with E-state index in [9.17, 15) is 0 Å². The molecule has 2 heterocycles. The van der Waals surface area contributed by atoms with Crippen LogP contribution in [-0.2, 0) is 6.54 Å². The first-order valence-electron chi connectivity index (χ1n) is 6.95. The highest BCUT2D eigenvalue weighted by atomic mass is 15.1. The van der Waals surface area contributed by atoms with E-state index in [4.69, 9.17) is 0 Å². The third-order valence-corrected chi connectivity index (χ3v) is 3.79. The van der Waals surface area contributed by atoms with Gasteiger partial charge in [0.2, 0.25) is 0 Å². The Kier molecular flexibility index (Phi) is 3.84. The Morgan fingerprint density at radius 1 is 0.947 bits per heavy atom. The number of hydrogen-bond donors (Lipinski definition) is 0. The first kappa shape index (κ1) is 12.3. The minimum Gasteiger partial charge on any atom is -0.299 e. The number of benzene rings is 1. The van der Waals surface area contributed by atoms with Crippen molar-refractivity contribution in [2.75, 3.05) is 13.1 Å². The Bertz CT molecular complexity index is 490. The Balaban J connectivity index is 1.55.